The van der Waals surface area contributed by atoms with Crippen LogP contribution in [-0.2, 0) is 6.18 Å². The Morgan fingerprint density at radius 3 is 2.46 bits per heavy atom. The molecule has 68 valence electrons. The number of alkyl halides is 3. The van der Waals surface area contributed by atoms with Gasteiger partial charge in [0.25, 0.3) is 0 Å². The van der Waals surface area contributed by atoms with E-state index in [1.165, 1.54) is 6.07 Å². The van der Waals surface area contributed by atoms with Gasteiger partial charge in [0.2, 0.25) is 5.76 Å². The summed E-state index contributed by atoms with van der Waals surface area (Å²) in [5.74, 6) is -1.77. The Bertz CT molecular complexity index is 374. The molecule has 0 atom stereocenters. The van der Waals surface area contributed by atoms with Crippen LogP contribution in [0.5, 0.6) is 0 Å². The molecule has 4 nitrogen and oxygen atoms in total. The lowest BCUT2D eigenvalue weighted by molar-refractivity contribution is -0.141. The molecule has 0 saturated carbocycles. The molecule has 13 heavy (non-hydrogen) atoms. The molecular weight excluding hydrogens is 189 g/mol. The van der Waals surface area contributed by atoms with E-state index in [0.717, 1.165) is 0 Å². The summed E-state index contributed by atoms with van der Waals surface area (Å²) in [4.78, 5) is 12.8. The number of aldehydes is 1. The van der Waals surface area contributed by atoms with E-state index >= 15 is 0 Å². The summed E-state index contributed by atoms with van der Waals surface area (Å²) in [5.41, 5.74) is -1.47. The molecular formula is C6HF3N2O2. The number of carbonyl (C=O) groups excluding carboxylic acids is 1. The van der Waals surface area contributed by atoms with Gasteiger partial charge in [-0.25, -0.2) is 0 Å². The number of nitriles is 1. The lowest BCUT2D eigenvalue weighted by Gasteiger charge is -1.99. The molecule has 1 aromatic heterocycles. The first-order valence-corrected chi connectivity index (χ1v) is 2.92. The van der Waals surface area contributed by atoms with Crippen molar-refractivity contribution in [2.24, 2.45) is 0 Å². The van der Waals surface area contributed by atoms with Crippen molar-refractivity contribution in [1.82, 2.24) is 4.98 Å². The van der Waals surface area contributed by atoms with E-state index in [0.29, 0.717) is 0 Å². The second-order valence-corrected chi connectivity index (χ2v) is 1.96. The minimum atomic E-state index is -4.78. The van der Waals surface area contributed by atoms with Crippen LogP contribution in [-0.4, -0.2) is 11.3 Å². The van der Waals surface area contributed by atoms with Crippen LogP contribution in [0.15, 0.2) is 4.42 Å². The van der Waals surface area contributed by atoms with Crippen LogP contribution >= 0.6 is 0 Å². The highest BCUT2D eigenvalue weighted by atomic mass is 19.4. The quantitative estimate of drug-likeness (QED) is 0.627. The van der Waals surface area contributed by atoms with Gasteiger partial charge < -0.3 is 4.42 Å². The van der Waals surface area contributed by atoms with Crippen molar-refractivity contribution in [3.05, 3.63) is 17.3 Å². The molecule has 1 heterocycles. The molecule has 0 N–H and O–H groups in total. The number of halogens is 3. The molecule has 0 aliphatic heterocycles. The topological polar surface area (TPSA) is 66.9 Å². The van der Waals surface area contributed by atoms with Crippen LogP contribution < -0.4 is 0 Å². The van der Waals surface area contributed by atoms with Crippen LogP contribution in [0.2, 0.25) is 0 Å². The van der Waals surface area contributed by atoms with Crippen LogP contribution in [0, 0.1) is 11.3 Å². The van der Waals surface area contributed by atoms with E-state index in [1.54, 1.807) is 0 Å². The fourth-order valence-corrected chi connectivity index (χ4v) is 0.663. The smallest absolute Gasteiger partial charge is 0.425 e. The van der Waals surface area contributed by atoms with E-state index < -0.39 is 23.5 Å². The third kappa shape index (κ3) is 1.66. The van der Waals surface area contributed by atoms with Crippen molar-refractivity contribution in [2.45, 2.75) is 6.18 Å². The van der Waals surface area contributed by atoms with Gasteiger partial charge in [0, 0.05) is 0 Å². The minimum absolute atomic E-state index is 0.142. The number of aromatic nitrogens is 1. The highest BCUT2D eigenvalue weighted by Crippen LogP contribution is 2.30. The molecule has 0 aliphatic rings. The van der Waals surface area contributed by atoms with Crippen LogP contribution in [0.3, 0.4) is 0 Å². The van der Waals surface area contributed by atoms with Gasteiger partial charge in [-0.1, -0.05) is 0 Å². The first-order chi connectivity index (χ1) is 5.99. The lowest BCUT2D eigenvalue weighted by atomic mass is 10.3. The number of hydrogen-bond acceptors (Lipinski definition) is 4. The summed E-state index contributed by atoms with van der Waals surface area (Å²) in [7, 11) is 0. The van der Waals surface area contributed by atoms with E-state index in [1.807, 2.05) is 0 Å². The average molecular weight is 190 g/mol. The normalized spacial score (nSPS) is 10.9. The molecule has 0 fully saturated rings. The Balaban J connectivity index is 3.29. The Kier molecular flexibility index (Phi) is 2.06. The zero-order chi connectivity index (χ0) is 10.1. The van der Waals surface area contributed by atoms with Gasteiger partial charge in [-0.05, 0) is 0 Å². The van der Waals surface area contributed by atoms with Crippen LogP contribution in [0.4, 0.5) is 13.2 Å². The largest absolute Gasteiger partial charge is 0.437 e. The van der Waals surface area contributed by atoms with Crippen molar-refractivity contribution in [2.75, 3.05) is 0 Å². The van der Waals surface area contributed by atoms with Gasteiger partial charge in [-0.3, -0.25) is 4.79 Å². The highest BCUT2D eigenvalue weighted by molar-refractivity contribution is 5.72. The number of carbonyl (C=O) groups is 1. The first-order valence-electron chi connectivity index (χ1n) is 2.92. The summed E-state index contributed by atoms with van der Waals surface area (Å²) in [6, 6.07) is 1.26. The zero-order valence-electron chi connectivity index (χ0n) is 5.92. The molecule has 1 rings (SSSR count). The first kappa shape index (κ1) is 9.25. The molecule has 0 saturated heterocycles. The van der Waals surface area contributed by atoms with Gasteiger partial charge in [-0.2, -0.15) is 23.4 Å². The molecule has 1 aromatic rings. The maximum Gasteiger partial charge on any atom is 0.437 e. The average Bonchev–Trinajstić information content (AvgIpc) is 2.46. The van der Waals surface area contributed by atoms with Gasteiger partial charge in [0.15, 0.2) is 18.0 Å². The molecule has 0 radical (unpaired) electrons. The van der Waals surface area contributed by atoms with Gasteiger partial charge in [0.1, 0.15) is 0 Å². The fourth-order valence-electron chi connectivity index (χ4n) is 0.663. The number of rotatable bonds is 1. The maximum atomic E-state index is 12.0. The molecule has 0 aromatic carbocycles. The zero-order valence-corrected chi connectivity index (χ0v) is 5.92. The standard InChI is InChI=1S/C6HF3N2O2/c7-6(8,9)5-3(2-12)13-4(1-10)11-5/h2H. The second kappa shape index (κ2) is 2.90. The molecule has 0 aliphatic carbocycles. The Hall–Kier alpha value is -1.84. The molecule has 0 unspecified atom stereocenters. The van der Waals surface area contributed by atoms with Gasteiger partial charge in [-0.15, -0.1) is 0 Å². The fraction of sp³-hybridized carbons (Fsp3) is 0.167. The number of nitrogens with zero attached hydrogens (tertiary/aromatic N) is 2. The molecule has 0 bridgehead atoms. The van der Waals surface area contributed by atoms with Crippen molar-refractivity contribution in [3.8, 4) is 6.07 Å². The monoisotopic (exact) mass is 190 g/mol. The molecule has 7 heteroatoms. The second-order valence-electron chi connectivity index (χ2n) is 1.96. The highest BCUT2D eigenvalue weighted by Gasteiger charge is 2.38. The third-order valence-corrected chi connectivity index (χ3v) is 1.12. The van der Waals surface area contributed by atoms with Crippen LogP contribution in [0.25, 0.3) is 0 Å². The van der Waals surface area contributed by atoms with Crippen molar-refractivity contribution < 1.29 is 22.4 Å². The Morgan fingerprint density at radius 1 is 1.54 bits per heavy atom. The minimum Gasteiger partial charge on any atom is -0.425 e. The molecule has 0 spiro atoms. The number of oxazole rings is 1. The Morgan fingerprint density at radius 2 is 2.15 bits per heavy atom. The van der Waals surface area contributed by atoms with E-state index in [9.17, 15) is 18.0 Å². The summed E-state index contributed by atoms with van der Waals surface area (Å²) in [5, 5.41) is 8.15. The number of hydrogen-bond donors (Lipinski definition) is 0. The van der Waals surface area contributed by atoms with E-state index in [-0.39, 0.29) is 6.29 Å². The maximum absolute atomic E-state index is 12.0. The van der Waals surface area contributed by atoms with Crippen LogP contribution in [0.1, 0.15) is 22.1 Å². The summed E-state index contributed by atoms with van der Waals surface area (Å²) < 4.78 is 40.2. The summed E-state index contributed by atoms with van der Waals surface area (Å²) >= 11 is 0. The lowest BCUT2D eigenvalue weighted by Crippen LogP contribution is -2.08. The predicted octanol–water partition coefficient (Wildman–Crippen LogP) is 1.38. The van der Waals surface area contributed by atoms with Gasteiger partial charge >= 0.3 is 12.1 Å². The third-order valence-electron chi connectivity index (χ3n) is 1.12. The van der Waals surface area contributed by atoms with Gasteiger partial charge in [0.05, 0.1) is 0 Å². The SMILES string of the molecule is N#Cc1nc(C(F)(F)F)c(C=O)o1. The summed E-state index contributed by atoms with van der Waals surface area (Å²) in [6.07, 6.45) is -4.93. The van der Waals surface area contributed by atoms with Crippen molar-refractivity contribution in [3.63, 3.8) is 0 Å². The van der Waals surface area contributed by atoms with E-state index in [4.69, 9.17) is 5.26 Å². The van der Waals surface area contributed by atoms with Crippen molar-refractivity contribution >= 4 is 6.29 Å². The Labute approximate surface area is 69.6 Å². The van der Waals surface area contributed by atoms with E-state index in [2.05, 4.69) is 9.40 Å². The summed E-state index contributed by atoms with van der Waals surface area (Å²) in [6.45, 7) is 0. The molecule has 0 amide bonds. The predicted molar refractivity (Wildman–Crippen MR) is 31.6 cm³/mol. The van der Waals surface area contributed by atoms with Crippen molar-refractivity contribution in [1.29, 1.82) is 5.26 Å².